The van der Waals surface area contributed by atoms with E-state index in [1.165, 1.54) is 18.3 Å². The topological polar surface area (TPSA) is 85.7 Å². The van der Waals surface area contributed by atoms with Crippen LogP contribution in [-0.4, -0.2) is 40.3 Å². The highest BCUT2D eigenvalue weighted by atomic mass is 19.1. The van der Waals surface area contributed by atoms with Gasteiger partial charge in [-0.05, 0) is 63.0 Å². The van der Waals surface area contributed by atoms with Gasteiger partial charge in [-0.15, -0.1) is 0 Å². The van der Waals surface area contributed by atoms with E-state index in [4.69, 9.17) is 9.47 Å². The number of hydrogen-bond acceptors (Lipinski definition) is 6. The lowest BCUT2D eigenvalue weighted by atomic mass is 9.90. The van der Waals surface area contributed by atoms with E-state index in [0.29, 0.717) is 12.8 Å². The molecule has 0 spiro atoms. The Hall–Kier alpha value is -2.54. The molecule has 0 radical (unpaired) electrons. The normalized spacial score (nSPS) is 32.7. The van der Waals surface area contributed by atoms with Crippen LogP contribution in [-0.2, 0) is 14.3 Å². The molecule has 0 aromatic carbocycles. The summed E-state index contributed by atoms with van der Waals surface area (Å²) in [4.78, 5) is 27.9. The number of pyridine rings is 1. The molecule has 0 unspecified atom stereocenters. The van der Waals surface area contributed by atoms with Crippen molar-refractivity contribution in [1.29, 1.82) is 0 Å². The van der Waals surface area contributed by atoms with Gasteiger partial charge in [0.05, 0.1) is 24.0 Å². The van der Waals surface area contributed by atoms with Crippen LogP contribution < -0.4 is 0 Å². The third-order valence-corrected chi connectivity index (χ3v) is 5.38. The number of carbonyl (C=O) groups excluding carboxylic acids is 2. The first-order chi connectivity index (χ1) is 13.9. The van der Waals surface area contributed by atoms with Crippen molar-refractivity contribution >= 4 is 11.9 Å². The molecule has 7 heteroatoms. The van der Waals surface area contributed by atoms with E-state index in [2.05, 4.69) is 17.1 Å². The molecule has 0 saturated heterocycles. The van der Waals surface area contributed by atoms with Crippen molar-refractivity contribution in [3.8, 4) is 0 Å². The van der Waals surface area contributed by atoms with Gasteiger partial charge in [-0.25, -0.2) is 14.0 Å². The second kappa shape index (κ2) is 9.78. The molecule has 1 aliphatic carbocycles. The van der Waals surface area contributed by atoms with Gasteiger partial charge in [-0.2, -0.15) is 0 Å². The summed E-state index contributed by atoms with van der Waals surface area (Å²) in [7, 11) is 0. The summed E-state index contributed by atoms with van der Waals surface area (Å²) in [6.45, 7) is 1.85. The molecule has 1 fully saturated rings. The first-order valence-corrected chi connectivity index (χ1v) is 9.97. The Morgan fingerprint density at radius 3 is 2.93 bits per heavy atom. The third kappa shape index (κ3) is 5.97. The molecule has 29 heavy (non-hydrogen) atoms. The van der Waals surface area contributed by atoms with Gasteiger partial charge < -0.3 is 14.6 Å². The average molecular weight is 403 g/mol. The maximum absolute atomic E-state index is 13.3. The minimum atomic E-state index is -0.868. The first kappa shape index (κ1) is 21.2. The summed E-state index contributed by atoms with van der Waals surface area (Å²) in [5.41, 5.74) is 0.0555. The number of cyclic esters (lactones) is 1. The molecule has 5 atom stereocenters. The number of aliphatic hydroxyl groups excluding tert-OH is 1. The van der Waals surface area contributed by atoms with Crippen molar-refractivity contribution in [2.45, 2.75) is 57.3 Å². The lowest BCUT2D eigenvalue weighted by Crippen LogP contribution is -2.22. The molecular weight excluding hydrogens is 377 g/mol. The number of hydrogen-bond donors (Lipinski definition) is 1. The van der Waals surface area contributed by atoms with Gasteiger partial charge in [0.2, 0.25) is 0 Å². The fourth-order valence-corrected chi connectivity index (χ4v) is 3.92. The van der Waals surface area contributed by atoms with Crippen molar-refractivity contribution in [3.63, 3.8) is 0 Å². The standard InChI is InChI=1S/C22H26FNO5/c1-14-5-3-2-4-6-15-10-18(11-19(15)20(25)7-8-21(26)28-14)29-22(27)16-9-17(23)13-24-12-16/h4,6-9,12-15,18-20,25H,2-3,5,10-11H2,1H3/b6-4+,8-7+/t14-,15+,18-,19+,20+/m0/s1. The van der Waals surface area contributed by atoms with Gasteiger partial charge >= 0.3 is 11.9 Å². The minimum absolute atomic E-state index is 0.00674. The Morgan fingerprint density at radius 1 is 1.31 bits per heavy atom. The van der Waals surface area contributed by atoms with E-state index in [-0.39, 0.29) is 23.5 Å². The summed E-state index contributed by atoms with van der Waals surface area (Å²) >= 11 is 0. The van der Waals surface area contributed by atoms with Crippen molar-refractivity contribution in [3.05, 3.63) is 54.1 Å². The van der Waals surface area contributed by atoms with Crippen LogP contribution in [0.25, 0.3) is 0 Å². The molecule has 2 heterocycles. The van der Waals surface area contributed by atoms with Gasteiger partial charge in [0.25, 0.3) is 0 Å². The Kier molecular flexibility index (Phi) is 7.14. The van der Waals surface area contributed by atoms with Crippen LogP contribution in [0, 0.1) is 17.7 Å². The van der Waals surface area contributed by atoms with E-state index in [9.17, 15) is 19.1 Å². The lowest BCUT2D eigenvalue weighted by Gasteiger charge is -2.19. The number of rotatable bonds is 2. The number of fused-ring (bicyclic) bond motifs is 1. The quantitative estimate of drug-likeness (QED) is 0.602. The molecule has 2 aliphatic rings. The van der Waals surface area contributed by atoms with Crippen molar-refractivity contribution < 1.29 is 28.6 Å². The average Bonchev–Trinajstić information content (AvgIpc) is 3.08. The van der Waals surface area contributed by atoms with Crippen LogP contribution >= 0.6 is 0 Å². The number of ether oxygens (including phenoxy) is 2. The van der Waals surface area contributed by atoms with Gasteiger partial charge in [0.15, 0.2) is 0 Å². The predicted molar refractivity (Wildman–Crippen MR) is 103 cm³/mol. The molecule has 156 valence electrons. The highest BCUT2D eigenvalue weighted by Crippen LogP contribution is 2.38. The van der Waals surface area contributed by atoms with Gasteiger partial charge in [-0.3, -0.25) is 4.98 Å². The van der Waals surface area contributed by atoms with Crippen LogP contribution in [0.15, 0.2) is 42.8 Å². The maximum Gasteiger partial charge on any atom is 0.340 e. The fraction of sp³-hybridized carbons (Fsp3) is 0.500. The number of aromatic nitrogens is 1. The van der Waals surface area contributed by atoms with Crippen LogP contribution in [0.2, 0.25) is 0 Å². The molecule has 0 amide bonds. The maximum atomic E-state index is 13.3. The number of aliphatic hydroxyl groups is 1. The van der Waals surface area contributed by atoms with E-state index in [1.54, 1.807) is 0 Å². The highest BCUT2D eigenvalue weighted by Gasteiger charge is 2.38. The van der Waals surface area contributed by atoms with Crippen molar-refractivity contribution in [1.82, 2.24) is 4.98 Å². The summed E-state index contributed by atoms with van der Waals surface area (Å²) < 4.78 is 24.1. The fourth-order valence-electron chi connectivity index (χ4n) is 3.92. The zero-order valence-electron chi connectivity index (χ0n) is 16.4. The van der Waals surface area contributed by atoms with Gasteiger partial charge in [0.1, 0.15) is 11.9 Å². The van der Waals surface area contributed by atoms with Crippen LogP contribution in [0.4, 0.5) is 4.39 Å². The van der Waals surface area contributed by atoms with Crippen molar-refractivity contribution in [2.24, 2.45) is 11.8 Å². The first-order valence-electron chi connectivity index (χ1n) is 9.97. The van der Waals surface area contributed by atoms with E-state index in [0.717, 1.165) is 31.5 Å². The Bertz CT molecular complexity index is 793. The van der Waals surface area contributed by atoms with Gasteiger partial charge in [-0.1, -0.05) is 12.2 Å². The number of carbonyl (C=O) groups is 2. The number of allylic oxidation sites excluding steroid dienone is 2. The molecule has 1 aromatic heterocycles. The smallest absolute Gasteiger partial charge is 0.340 e. The number of nitrogens with zero attached hydrogens (tertiary/aromatic N) is 1. The summed E-state index contributed by atoms with van der Waals surface area (Å²) in [6, 6.07) is 1.09. The second-order valence-electron chi connectivity index (χ2n) is 7.67. The van der Waals surface area contributed by atoms with E-state index >= 15 is 0 Å². The number of halogens is 1. The Balaban J connectivity index is 1.70. The third-order valence-electron chi connectivity index (χ3n) is 5.38. The number of esters is 2. The summed E-state index contributed by atoms with van der Waals surface area (Å²) in [6.07, 6.45) is 11.2. The molecule has 1 aromatic rings. The molecular formula is C22H26FNO5. The Labute approximate surface area is 169 Å². The molecule has 0 bridgehead atoms. The van der Waals surface area contributed by atoms with Crippen LogP contribution in [0.1, 0.15) is 49.4 Å². The highest BCUT2D eigenvalue weighted by molar-refractivity contribution is 5.89. The molecule has 3 rings (SSSR count). The van der Waals surface area contributed by atoms with Crippen LogP contribution in [0.3, 0.4) is 0 Å². The SMILES string of the molecule is C[C@H]1CCC/C=C/[C@@H]2C[C@H](OC(=O)c3cncc(F)c3)C[C@H]2[C@H](O)/C=C/C(=O)O1. The van der Waals surface area contributed by atoms with E-state index in [1.807, 2.05) is 6.92 Å². The zero-order chi connectivity index (χ0) is 20.8. The zero-order valence-corrected chi connectivity index (χ0v) is 16.4. The van der Waals surface area contributed by atoms with E-state index < -0.39 is 30.0 Å². The summed E-state index contributed by atoms with van der Waals surface area (Å²) in [5.74, 6) is -1.90. The predicted octanol–water partition coefficient (Wildman–Crippen LogP) is 3.36. The molecule has 6 nitrogen and oxygen atoms in total. The van der Waals surface area contributed by atoms with Gasteiger partial charge in [0, 0.05) is 12.3 Å². The molecule has 1 saturated carbocycles. The largest absolute Gasteiger partial charge is 0.460 e. The minimum Gasteiger partial charge on any atom is -0.460 e. The second-order valence-corrected chi connectivity index (χ2v) is 7.67. The summed E-state index contributed by atoms with van der Waals surface area (Å²) in [5, 5.41) is 10.6. The van der Waals surface area contributed by atoms with Crippen LogP contribution in [0.5, 0.6) is 0 Å². The Morgan fingerprint density at radius 2 is 2.14 bits per heavy atom. The molecule has 1 aliphatic heterocycles. The lowest BCUT2D eigenvalue weighted by molar-refractivity contribution is -0.142. The van der Waals surface area contributed by atoms with Crippen molar-refractivity contribution in [2.75, 3.05) is 0 Å². The molecule has 1 N–H and O–H groups in total. The monoisotopic (exact) mass is 403 g/mol.